The van der Waals surface area contributed by atoms with Gasteiger partial charge in [-0.25, -0.2) is 4.39 Å². The predicted molar refractivity (Wildman–Crippen MR) is 101 cm³/mol. The number of carbonyl (C=O) groups excluding carboxylic acids is 1. The molecule has 3 rings (SSSR count). The number of nitro groups is 1. The maximum atomic E-state index is 13.8. The molecule has 0 radical (unpaired) electrons. The molecular weight excluding hydrogens is 369 g/mol. The Hall–Kier alpha value is -3.36. The number of benzene rings is 2. The molecule has 0 unspecified atom stereocenters. The summed E-state index contributed by atoms with van der Waals surface area (Å²) in [6.45, 7) is 0.795. The van der Waals surface area contributed by atoms with E-state index in [-0.39, 0.29) is 34.7 Å². The van der Waals surface area contributed by atoms with Crippen molar-refractivity contribution in [3.05, 3.63) is 52.3 Å². The van der Waals surface area contributed by atoms with Crippen LogP contribution in [0.15, 0.2) is 36.4 Å². The first-order valence-electron chi connectivity index (χ1n) is 8.76. The highest BCUT2D eigenvalue weighted by Gasteiger charge is 2.30. The van der Waals surface area contributed by atoms with Gasteiger partial charge in [-0.15, -0.1) is 0 Å². The number of carbonyl (C=O) groups is 1. The van der Waals surface area contributed by atoms with Gasteiger partial charge >= 0.3 is 0 Å². The van der Waals surface area contributed by atoms with Crippen LogP contribution in [0.2, 0.25) is 0 Å². The summed E-state index contributed by atoms with van der Waals surface area (Å²) >= 11 is 0. The first kappa shape index (κ1) is 19.4. The summed E-state index contributed by atoms with van der Waals surface area (Å²) in [7, 11) is 1.30. The molecule has 2 aromatic carbocycles. The molecule has 0 saturated carbocycles. The summed E-state index contributed by atoms with van der Waals surface area (Å²) in [5.41, 5.74) is 0.270. The van der Waals surface area contributed by atoms with Gasteiger partial charge in [0.25, 0.3) is 5.69 Å². The Kier molecular flexibility index (Phi) is 5.62. The minimum Gasteiger partial charge on any atom is -0.506 e. The van der Waals surface area contributed by atoms with Crippen molar-refractivity contribution in [3.8, 4) is 11.5 Å². The number of nitrogens with one attached hydrogen (secondary N) is 1. The van der Waals surface area contributed by atoms with Gasteiger partial charge in [-0.3, -0.25) is 14.9 Å². The number of piperidine rings is 1. The zero-order chi connectivity index (χ0) is 20.3. The van der Waals surface area contributed by atoms with Crippen LogP contribution in [0.4, 0.5) is 21.5 Å². The standard InChI is InChI=1S/C19H20FN3O5/c1-28-18-11-15(16(23(26)27)10-13(18)20)22-8-6-12(7-9-22)19(25)21-14-4-2-3-5-17(14)24/h2-5,10-12,24H,6-9H2,1H3,(H,21,25). The fraction of sp³-hybridized carbons (Fsp3) is 0.316. The number of nitrogens with zero attached hydrogens (tertiary/aromatic N) is 2. The number of halogens is 1. The van der Waals surface area contributed by atoms with E-state index in [4.69, 9.17) is 4.74 Å². The molecule has 2 N–H and O–H groups in total. The Morgan fingerprint density at radius 1 is 1.32 bits per heavy atom. The van der Waals surface area contributed by atoms with Crippen molar-refractivity contribution in [3.63, 3.8) is 0 Å². The number of phenols is 1. The lowest BCUT2D eigenvalue weighted by Crippen LogP contribution is -2.38. The van der Waals surface area contributed by atoms with Crippen molar-refractivity contribution in [1.29, 1.82) is 0 Å². The van der Waals surface area contributed by atoms with Gasteiger partial charge in [0.05, 0.1) is 23.8 Å². The monoisotopic (exact) mass is 389 g/mol. The number of hydrogen-bond acceptors (Lipinski definition) is 6. The van der Waals surface area contributed by atoms with Crippen LogP contribution in [0.1, 0.15) is 12.8 Å². The van der Waals surface area contributed by atoms with E-state index >= 15 is 0 Å². The molecule has 0 spiro atoms. The number of hydrogen-bond donors (Lipinski definition) is 2. The molecule has 1 aliphatic heterocycles. The summed E-state index contributed by atoms with van der Waals surface area (Å²) in [6.07, 6.45) is 0.937. The molecular formula is C19H20FN3O5. The minimum atomic E-state index is -0.796. The van der Waals surface area contributed by atoms with Crippen LogP contribution in [0, 0.1) is 21.8 Å². The summed E-state index contributed by atoms with van der Waals surface area (Å²) < 4.78 is 18.8. The van der Waals surface area contributed by atoms with Crippen LogP contribution in [0.5, 0.6) is 11.5 Å². The third kappa shape index (κ3) is 3.98. The molecule has 0 aromatic heterocycles. The van der Waals surface area contributed by atoms with E-state index in [2.05, 4.69) is 5.32 Å². The highest BCUT2D eigenvalue weighted by Crippen LogP contribution is 2.36. The molecule has 0 bridgehead atoms. The Labute approximate surface area is 160 Å². The number of methoxy groups -OCH3 is 1. The van der Waals surface area contributed by atoms with Gasteiger partial charge in [0.1, 0.15) is 11.4 Å². The van der Waals surface area contributed by atoms with Crippen LogP contribution in [0.3, 0.4) is 0 Å². The molecule has 28 heavy (non-hydrogen) atoms. The lowest BCUT2D eigenvalue weighted by molar-refractivity contribution is -0.384. The largest absolute Gasteiger partial charge is 0.506 e. The summed E-state index contributed by atoms with van der Waals surface area (Å²) in [5, 5.41) is 23.8. The highest BCUT2D eigenvalue weighted by molar-refractivity contribution is 5.94. The highest BCUT2D eigenvalue weighted by atomic mass is 19.1. The van der Waals surface area contributed by atoms with Gasteiger partial charge in [0, 0.05) is 25.1 Å². The number of phenolic OH excluding ortho intramolecular Hbond substituents is 1. The summed E-state index contributed by atoms with van der Waals surface area (Å²) in [5.74, 6) is -1.39. The van der Waals surface area contributed by atoms with E-state index in [9.17, 15) is 24.4 Å². The summed E-state index contributed by atoms with van der Waals surface area (Å²) in [4.78, 5) is 24.9. The van der Waals surface area contributed by atoms with Gasteiger partial charge in [-0.05, 0) is 25.0 Å². The normalized spacial score (nSPS) is 14.6. The van der Waals surface area contributed by atoms with Gasteiger partial charge in [0.15, 0.2) is 11.6 Å². The van der Waals surface area contributed by atoms with Gasteiger partial charge in [-0.1, -0.05) is 12.1 Å². The smallest absolute Gasteiger partial charge is 0.295 e. The minimum absolute atomic E-state index is 0.0117. The van der Waals surface area contributed by atoms with Crippen molar-refractivity contribution < 1.29 is 24.0 Å². The van der Waals surface area contributed by atoms with Crippen LogP contribution < -0.4 is 15.0 Å². The second-order valence-electron chi connectivity index (χ2n) is 6.50. The number of aromatic hydroxyl groups is 1. The average molecular weight is 389 g/mol. The number of rotatable bonds is 5. The van der Waals surface area contributed by atoms with E-state index in [0.29, 0.717) is 31.6 Å². The molecule has 9 heteroatoms. The molecule has 1 fully saturated rings. The van der Waals surface area contributed by atoms with Gasteiger partial charge < -0.3 is 20.1 Å². The van der Waals surface area contributed by atoms with Crippen molar-refractivity contribution in [2.24, 2.45) is 5.92 Å². The molecule has 1 amide bonds. The third-order valence-electron chi connectivity index (χ3n) is 4.81. The van der Waals surface area contributed by atoms with Crippen molar-refractivity contribution in [2.75, 3.05) is 30.4 Å². The van der Waals surface area contributed by atoms with E-state index in [1.807, 2.05) is 0 Å². The maximum Gasteiger partial charge on any atom is 0.295 e. The maximum absolute atomic E-state index is 13.8. The zero-order valence-corrected chi connectivity index (χ0v) is 15.2. The number of amides is 1. The van der Waals surface area contributed by atoms with Gasteiger partial charge in [0.2, 0.25) is 5.91 Å². The Morgan fingerprint density at radius 2 is 2.00 bits per heavy atom. The van der Waals surface area contributed by atoms with E-state index in [0.717, 1.165) is 6.07 Å². The lowest BCUT2D eigenvalue weighted by Gasteiger charge is -2.32. The molecule has 1 saturated heterocycles. The second-order valence-corrected chi connectivity index (χ2v) is 6.50. The van der Waals surface area contributed by atoms with Crippen molar-refractivity contribution >= 4 is 23.0 Å². The third-order valence-corrected chi connectivity index (χ3v) is 4.81. The predicted octanol–water partition coefficient (Wildman–Crippen LogP) is 3.30. The van der Waals surface area contributed by atoms with Crippen molar-refractivity contribution in [1.82, 2.24) is 0 Å². The number of ether oxygens (including phenoxy) is 1. The van der Waals surface area contributed by atoms with E-state index in [1.165, 1.54) is 19.2 Å². The Bertz CT molecular complexity index is 897. The number of nitro benzene ring substituents is 1. The first-order chi connectivity index (χ1) is 13.4. The summed E-state index contributed by atoms with van der Waals surface area (Å²) in [6, 6.07) is 8.63. The fourth-order valence-electron chi connectivity index (χ4n) is 3.28. The average Bonchev–Trinajstić information content (AvgIpc) is 2.69. The number of para-hydroxylation sites is 2. The topological polar surface area (TPSA) is 105 Å². The SMILES string of the molecule is COc1cc(N2CCC(C(=O)Nc3ccccc3O)CC2)c([N+](=O)[O-])cc1F. The van der Waals surface area contributed by atoms with Crippen LogP contribution >= 0.6 is 0 Å². The number of anilines is 2. The first-order valence-corrected chi connectivity index (χ1v) is 8.76. The van der Waals surface area contributed by atoms with Crippen molar-refractivity contribution in [2.45, 2.75) is 12.8 Å². The molecule has 1 heterocycles. The second kappa shape index (κ2) is 8.12. The Morgan fingerprint density at radius 3 is 2.61 bits per heavy atom. The molecule has 0 aliphatic carbocycles. The molecule has 0 atom stereocenters. The fourth-order valence-corrected chi connectivity index (χ4v) is 3.28. The van der Waals surface area contributed by atoms with Gasteiger partial charge in [-0.2, -0.15) is 0 Å². The molecule has 2 aromatic rings. The van der Waals surface area contributed by atoms with Crippen LogP contribution in [0.25, 0.3) is 0 Å². The molecule has 148 valence electrons. The zero-order valence-electron chi connectivity index (χ0n) is 15.2. The molecule has 8 nitrogen and oxygen atoms in total. The van der Waals surface area contributed by atoms with Crippen LogP contribution in [-0.2, 0) is 4.79 Å². The lowest BCUT2D eigenvalue weighted by atomic mass is 9.95. The van der Waals surface area contributed by atoms with Crippen LogP contribution in [-0.4, -0.2) is 36.1 Å². The molecule has 1 aliphatic rings. The Balaban J connectivity index is 1.71. The van der Waals surface area contributed by atoms with E-state index in [1.54, 1.807) is 23.1 Å². The van der Waals surface area contributed by atoms with E-state index < -0.39 is 10.7 Å². The quantitative estimate of drug-likeness (QED) is 0.462.